The van der Waals surface area contributed by atoms with E-state index in [9.17, 15) is 9.59 Å². The van der Waals surface area contributed by atoms with Crippen LogP contribution in [-0.4, -0.2) is 36.9 Å². The van der Waals surface area contributed by atoms with Gasteiger partial charge in [0.25, 0.3) is 5.91 Å². The molecule has 0 spiro atoms. The van der Waals surface area contributed by atoms with E-state index in [2.05, 4.69) is 5.32 Å². The van der Waals surface area contributed by atoms with E-state index in [1.165, 1.54) is 4.90 Å². The molecule has 0 atom stereocenters. The number of amides is 2. The number of carbonyl (C=O) groups is 2. The van der Waals surface area contributed by atoms with Crippen molar-refractivity contribution in [3.8, 4) is 5.75 Å². The average Bonchev–Trinajstić information content (AvgIpc) is 2.56. The van der Waals surface area contributed by atoms with E-state index >= 15 is 0 Å². The summed E-state index contributed by atoms with van der Waals surface area (Å²) in [7, 11) is 1.59. The number of nitrogens with zero attached hydrogens (tertiary/aromatic N) is 1. The topological polar surface area (TPSA) is 58.6 Å². The fourth-order valence-electron chi connectivity index (χ4n) is 2.63. The van der Waals surface area contributed by atoms with E-state index in [1.54, 1.807) is 19.2 Å². The third-order valence-corrected chi connectivity index (χ3v) is 3.85. The van der Waals surface area contributed by atoms with Crippen LogP contribution in [0.3, 0.4) is 0 Å². The molecule has 0 unspecified atom stereocenters. The van der Waals surface area contributed by atoms with Crippen LogP contribution in [0.4, 0.5) is 5.69 Å². The van der Waals surface area contributed by atoms with Crippen LogP contribution in [0.25, 0.3) is 0 Å². The minimum Gasteiger partial charge on any atom is -0.484 e. The average molecular weight is 340 g/mol. The number of para-hydroxylation sites is 1. The monoisotopic (exact) mass is 340 g/mol. The smallest absolute Gasteiger partial charge is 0.260 e. The van der Waals surface area contributed by atoms with E-state index in [1.807, 2.05) is 51.1 Å². The Kier molecular flexibility index (Phi) is 6.17. The van der Waals surface area contributed by atoms with Crippen molar-refractivity contribution in [3.05, 3.63) is 59.2 Å². The molecule has 0 fully saturated rings. The van der Waals surface area contributed by atoms with Gasteiger partial charge in [-0.15, -0.1) is 0 Å². The SMILES string of the molecule is Cc1cc(C)c(NC(=O)CN(C)C(=O)COc2ccccc2)c(C)c1. The van der Waals surface area contributed by atoms with Gasteiger partial charge in [0.1, 0.15) is 5.75 Å². The molecule has 2 rings (SSSR count). The van der Waals surface area contributed by atoms with Gasteiger partial charge in [-0.2, -0.15) is 0 Å². The number of benzene rings is 2. The molecule has 25 heavy (non-hydrogen) atoms. The van der Waals surface area contributed by atoms with Crippen LogP contribution < -0.4 is 10.1 Å². The minimum absolute atomic E-state index is 0.0241. The van der Waals surface area contributed by atoms with Crippen molar-refractivity contribution in [1.29, 1.82) is 0 Å². The second-order valence-electron chi connectivity index (χ2n) is 6.17. The summed E-state index contributed by atoms with van der Waals surface area (Å²) in [4.78, 5) is 25.7. The van der Waals surface area contributed by atoms with Gasteiger partial charge in [-0.05, 0) is 44.0 Å². The van der Waals surface area contributed by atoms with Gasteiger partial charge in [-0.3, -0.25) is 9.59 Å². The summed E-state index contributed by atoms with van der Waals surface area (Å²) in [6.45, 7) is 5.81. The van der Waals surface area contributed by atoms with Crippen LogP contribution in [0.15, 0.2) is 42.5 Å². The zero-order valence-corrected chi connectivity index (χ0v) is 15.1. The first kappa shape index (κ1) is 18.5. The molecule has 0 radical (unpaired) electrons. The molecule has 2 amide bonds. The number of carbonyl (C=O) groups excluding carboxylic acids is 2. The Balaban J connectivity index is 1.88. The molecular formula is C20H24N2O3. The van der Waals surface area contributed by atoms with Crippen molar-refractivity contribution < 1.29 is 14.3 Å². The van der Waals surface area contributed by atoms with Crippen molar-refractivity contribution in [2.75, 3.05) is 25.5 Å². The van der Waals surface area contributed by atoms with Crippen molar-refractivity contribution in [3.63, 3.8) is 0 Å². The molecule has 0 heterocycles. The highest BCUT2D eigenvalue weighted by molar-refractivity contribution is 5.95. The summed E-state index contributed by atoms with van der Waals surface area (Å²) in [6, 6.07) is 13.1. The zero-order valence-electron chi connectivity index (χ0n) is 15.1. The van der Waals surface area contributed by atoms with E-state index in [0.29, 0.717) is 5.75 Å². The standard InChI is InChI=1S/C20H24N2O3/c1-14-10-15(2)20(16(3)11-14)21-18(23)12-22(4)19(24)13-25-17-8-6-5-7-9-17/h5-11H,12-13H2,1-4H3,(H,21,23). The van der Waals surface area contributed by atoms with Gasteiger partial charge in [0.15, 0.2) is 6.61 Å². The fourth-order valence-corrected chi connectivity index (χ4v) is 2.63. The predicted molar refractivity (Wildman–Crippen MR) is 98.9 cm³/mol. The Morgan fingerprint density at radius 2 is 1.64 bits per heavy atom. The molecule has 132 valence electrons. The minimum atomic E-state index is -0.253. The van der Waals surface area contributed by atoms with Gasteiger partial charge in [-0.25, -0.2) is 0 Å². The van der Waals surface area contributed by atoms with Crippen molar-refractivity contribution in [2.24, 2.45) is 0 Å². The highest BCUT2D eigenvalue weighted by Gasteiger charge is 2.15. The van der Waals surface area contributed by atoms with E-state index in [-0.39, 0.29) is 25.0 Å². The maximum atomic E-state index is 12.2. The van der Waals surface area contributed by atoms with Crippen LogP contribution in [0.5, 0.6) is 5.75 Å². The first-order valence-electron chi connectivity index (χ1n) is 8.16. The highest BCUT2D eigenvalue weighted by Crippen LogP contribution is 2.21. The zero-order chi connectivity index (χ0) is 18.4. The van der Waals surface area contributed by atoms with Crippen LogP contribution in [0.1, 0.15) is 16.7 Å². The van der Waals surface area contributed by atoms with E-state index in [0.717, 1.165) is 22.4 Å². The number of rotatable bonds is 6. The second kappa shape index (κ2) is 8.33. The van der Waals surface area contributed by atoms with Gasteiger partial charge in [0.05, 0.1) is 6.54 Å². The Bertz CT molecular complexity index is 734. The summed E-state index contributed by atoms with van der Waals surface area (Å²) in [5.74, 6) is 0.140. The molecule has 5 heteroatoms. The number of hydrogen-bond donors (Lipinski definition) is 1. The Hall–Kier alpha value is -2.82. The largest absolute Gasteiger partial charge is 0.484 e. The lowest BCUT2D eigenvalue weighted by molar-refractivity contribution is -0.135. The molecular weight excluding hydrogens is 316 g/mol. The lowest BCUT2D eigenvalue weighted by Crippen LogP contribution is -2.37. The Labute approximate surface area is 148 Å². The second-order valence-corrected chi connectivity index (χ2v) is 6.17. The quantitative estimate of drug-likeness (QED) is 0.879. The van der Waals surface area contributed by atoms with Crippen LogP contribution in [0, 0.1) is 20.8 Å². The molecule has 0 aliphatic heterocycles. The summed E-state index contributed by atoms with van der Waals surface area (Å²) in [5, 5.41) is 2.89. The van der Waals surface area contributed by atoms with Gasteiger partial charge in [-0.1, -0.05) is 35.9 Å². The van der Waals surface area contributed by atoms with Gasteiger partial charge in [0, 0.05) is 12.7 Å². The fraction of sp³-hybridized carbons (Fsp3) is 0.300. The maximum Gasteiger partial charge on any atom is 0.260 e. The lowest BCUT2D eigenvalue weighted by atomic mass is 10.1. The van der Waals surface area contributed by atoms with E-state index < -0.39 is 0 Å². The molecule has 5 nitrogen and oxygen atoms in total. The number of hydrogen-bond acceptors (Lipinski definition) is 3. The van der Waals surface area contributed by atoms with Crippen LogP contribution in [-0.2, 0) is 9.59 Å². The molecule has 0 aliphatic carbocycles. The molecule has 1 N–H and O–H groups in total. The summed E-state index contributed by atoms with van der Waals surface area (Å²) in [5.41, 5.74) is 3.97. The number of likely N-dealkylation sites (N-methyl/N-ethyl adjacent to an activating group) is 1. The molecule has 0 aliphatic rings. The number of nitrogens with one attached hydrogen (secondary N) is 1. The Morgan fingerprint density at radius 1 is 1.04 bits per heavy atom. The van der Waals surface area contributed by atoms with E-state index in [4.69, 9.17) is 4.74 Å². The molecule has 0 aromatic heterocycles. The molecule has 2 aromatic carbocycles. The van der Waals surface area contributed by atoms with Crippen LogP contribution >= 0.6 is 0 Å². The van der Waals surface area contributed by atoms with Gasteiger partial charge < -0.3 is 15.0 Å². The highest BCUT2D eigenvalue weighted by atomic mass is 16.5. The third kappa shape index (κ3) is 5.35. The van der Waals surface area contributed by atoms with Crippen LogP contribution in [0.2, 0.25) is 0 Å². The molecule has 0 bridgehead atoms. The number of aryl methyl sites for hydroxylation is 3. The molecule has 2 aromatic rings. The maximum absolute atomic E-state index is 12.2. The van der Waals surface area contributed by atoms with Crippen molar-refractivity contribution >= 4 is 17.5 Å². The van der Waals surface area contributed by atoms with Crippen molar-refractivity contribution in [2.45, 2.75) is 20.8 Å². The Morgan fingerprint density at radius 3 is 2.24 bits per heavy atom. The summed E-state index contributed by atoms with van der Waals surface area (Å²) >= 11 is 0. The first-order chi connectivity index (χ1) is 11.9. The normalized spacial score (nSPS) is 10.2. The lowest BCUT2D eigenvalue weighted by Gasteiger charge is -2.18. The summed E-state index contributed by atoms with van der Waals surface area (Å²) in [6.07, 6.45) is 0. The predicted octanol–water partition coefficient (Wildman–Crippen LogP) is 3.09. The molecule has 0 saturated heterocycles. The van der Waals surface area contributed by atoms with Gasteiger partial charge >= 0.3 is 0 Å². The number of anilines is 1. The van der Waals surface area contributed by atoms with Crippen molar-refractivity contribution in [1.82, 2.24) is 4.90 Å². The first-order valence-corrected chi connectivity index (χ1v) is 8.16. The molecule has 0 saturated carbocycles. The third-order valence-electron chi connectivity index (χ3n) is 3.85. The number of ether oxygens (including phenoxy) is 1. The summed E-state index contributed by atoms with van der Waals surface area (Å²) < 4.78 is 5.42. The van der Waals surface area contributed by atoms with Gasteiger partial charge in [0.2, 0.25) is 5.91 Å².